The maximum Gasteiger partial charge on any atom is 0.253 e. The second-order valence-electron chi connectivity index (χ2n) is 8.63. The molecule has 5 rings (SSSR count). The van der Waals surface area contributed by atoms with Gasteiger partial charge < -0.3 is 10.2 Å². The second kappa shape index (κ2) is 10.0. The van der Waals surface area contributed by atoms with Crippen molar-refractivity contribution in [1.82, 2.24) is 24.5 Å². The Labute approximate surface area is 211 Å². The first-order chi connectivity index (χ1) is 17.5. The van der Waals surface area contributed by atoms with Gasteiger partial charge in [-0.15, -0.1) is 0 Å². The van der Waals surface area contributed by atoms with E-state index in [4.69, 9.17) is 12.8 Å². The lowest BCUT2D eigenvalue weighted by Gasteiger charge is -2.17. The molecule has 176 valence electrons. The lowest BCUT2D eigenvalue weighted by atomic mass is 9.96. The van der Waals surface area contributed by atoms with Crippen molar-refractivity contribution >= 4 is 36.4 Å². The zero-order valence-corrected chi connectivity index (χ0v) is 20.2. The van der Waals surface area contributed by atoms with Crippen LogP contribution in [0.4, 0.5) is 11.5 Å². The maximum absolute atomic E-state index is 12.9. The molecule has 0 unspecified atom stereocenters. The maximum atomic E-state index is 12.9. The molecule has 0 saturated carbocycles. The molecule has 0 aliphatic heterocycles. The van der Waals surface area contributed by atoms with Crippen LogP contribution in [0.3, 0.4) is 0 Å². The number of hydrogen-bond donors (Lipinski definition) is 1. The highest BCUT2D eigenvalue weighted by Crippen LogP contribution is 2.24. The number of nitrogens with one attached hydrogen (secondary N) is 1. The highest BCUT2D eigenvalue weighted by Gasteiger charge is 2.15. The fourth-order valence-corrected chi connectivity index (χ4v) is 3.98. The van der Waals surface area contributed by atoms with E-state index in [1.165, 1.54) is 0 Å². The molecule has 5 aromatic rings. The van der Waals surface area contributed by atoms with Crippen LogP contribution < -0.4 is 10.8 Å². The molecule has 2 aromatic carbocycles. The Morgan fingerprint density at radius 2 is 1.78 bits per heavy atom. The highest BCUT2D eigenvalue weighted by molar-refractivity contribution is 6.37. The number of aromatic nitrogens is 4. The van der Waals surface area contributed by atoms with Crippen molar-refractivity contribution in [2.45, 2.75) is 13.3 Å². The highest BCUT2D eigenvalue weighted by atomic mass is 16.2. The summed E-state index contributed by atoms with van der Waals surface area (Å²) >= 11 is 0. The van der Waals surface area contributed by atoms with Gasteiger partial charge in [0.15, 0.2) is 5.65 Å². The molecule has 0 aliphatic carbocycles. The number of rotatable bonds is 7. The van der Waals surface area contributed by atoms with Gasteiger partial charge in [0, 0.05) is 54.8 Å². The van der Waals surface area contributed by atoms with E-state index in [1.807, 2.05) is 85.8 Å². The summed E-state index contributed by atoms with van der Waals surface area (Å²) in [4.78, 5) is 23.7. The third kappa shape index (κ3) is 4.84. The number of aryl methyl sites for hydroxylation is 1. The summed E-state index contributed by atoms with van der Waals surface area (Å²) in [5, 5.41) is 7.97. The number of anilines is 2. The minimum Gasteiger partial charge on any atom is -0.341 e. The van der Waals surface area contributed by atoms with E-state index in [1.54, 1.807) is 22.7 Å². The molecule has 1 N–H and O–H groups in total. The first kappa shape index (κ1) is 23.3. The number of nitrogens with zero attached hydrogens (tertiary/aromatic N) is 5. The molecule has 0 saturated heterocycles. The van der Waals surface area contributed by atoms with Crippen LogP contribution in [0.2, 0.25) is 0 Å². The molecule has 3 aromatic heterocycles. The molecule has 0 fully saturated rings. The van der Waals surface area contributed by atoms with Gasteiger partial charge in [0.1, 0.15) is 13.7 Å². The van der Waals surface area contributed by atoms with Crippen molar-refractivity contribution in [2.75, 3.05) is 18.9 Å². The van der Waals surface area contributed by atoms with Gasteiger partial charge in [-0.2, -0.15) is 9.61 Å². The minimum absolute atomic E-state index is 0.0365. The summed E-state index contributed by atoms with van der Waals surface area (Å²) in [5.74, 6) is 0.691. The Morgan fingerprint density at radius 1 is 1.03 bits per heavy atom. The fraction of sp³-hybridized carbons (Fsp3) is 0.143. The van der Waals surface area contributed by atoms with Gasteiger partial charge in [-0.05, 0) is 48.8 Å². The largest absolute Gasteiger partial charge is 0.341 e. The smallest absolute Gasteiger partial charge is 0.253 e. The Bertz CT molecular complexity index is 1500. The summed E-state index contributed by atoms with van der Waals surface area (Å²) in [6.45, 7) is 2.45. The molecular weight excluding hydrogens is 447 g/mol. The van der Waals surface area contributed by atoms with E-state index in [2.05, 4.69) is 15.4 Å². The average Bonchev–Trinajstić information content (AvgIpc) is 3.22. The number of hydrogen-bond acceptors (Lipinski definition) is 5. The van der Waals surface area contributed by atoms with Crippen LogP contribution in [0.15, 0.2) is 85.1 Å². The third-order valence-corrected chi connectivity index (χ3v) is 6.06. The number of likely N-dealkylation sites (N-methyl/N-ethyl adjacent to an activating group) is 1. The zero-order chi connectivity index (χ0) is 25.1. The Morgan fingerprint density at radius 3 is 2.50 bits per heavy atom. The average molecular weight is 472 g/mol. The summed E-state index contributed by atoms with van der Waals surface area (Å²) in [6.07, 6.45) is 2.47. The predicted octanol–water partition coefficient (Wildman–Crippen LogP) is 3.95. The van der Waals surface area contributed by atoms with Crippen LogP contribution in [0, 0.1) is 6.92 Å². The Hall–Kier alpha value is -4.46. The number of fused-ring (bicyclic) bond motifs is 1. The first-order valence-corrected chi connectivity index (χ1v) is 11.7. The van der Waals surface area contributed by atoms with Crippen molar-refractivity contribution < 1.29 is 4.79 Å². The van der Waals surface area contributed by atoms with Crippen LogP contribution in [-0.2, 0) is 6.42 Å². The number of carbonyl (C=O) groups excluding carboxylic acids is 1. The Kier molecular flexibility index (Phi) is 6.49. The number of pyridine rings is 1. The van der Waals surface area contributed by atoms with Crippen molar-refractivity contribution in [1.29, 1.82) is 0 Å². The Balaban J connectivity index is 1.36. The van der Waals surface area contributed by atoms with Gasteiger partial charge >= 0.3 is 0 Å². The van der Waals surface area contributed by atoms with Gasteiger partial charge in [-0.1, -0.05) is 36.4 Å². The van der Waals surface area contributed by atoms with Gasteiger partial charge in [-0.25, -0.2) is 4.98 Å². The quantitative estimate of drug-likeness (QED) is 0.363. The fourth-order valence-electron chi connectivity index (χ4n) is 3.98. The summed E-state index contributed by atoms with van der Waals surface area (Å²) in [5.41, 5.74) is 6.03. The molecule has 2 radical (unpaired) electrons. The molecule has 1 amide bonds. The van der Waals surface area contributed by atoms with Crippen LogP contribution in [0.25, 0.3) is 16.9 Å². The zero-order valence-electron chi connectivity index (χ0n) is 20.2. The molecule has 8 heteroatoms. The molecule has 0 bridgehead atoms. The minimum atomic E-state index is -0.0365. The van der Waals surface area contributed by atoms with Crippen molar-refractivity contribution in [3.63, 3.8) is 0 Å². The molecule has 7 nitrogen and oxygen atoms in total. The monoisotopic (exact) mass is 472 g/mol. The van der Waals surface area contributed by atoms with E-state index in [9.17, 15) is 4.79 Å². The SMILES string of the molecule is [B]c1c(C)nn2c(Nc3ccc(C(=O)N(C)CCc4ccccn4)cc3)cc(-c3ccccc3)nc12. The van der Waals surface area contributed by atoms with E-state index in [0.29, 0.717) is 35.3 Å². The van der Waals surface area contributed by atoms with Crippen LogP contribution >= 0.6 is 0 Å². The molecule has 0 spiro atoms. The molecular formula is C28H25BN6O. The normalized spacial score (nSPS) is 10.9. The molecule has 0 aliphatic rings. The first-order valence-electron chi connectivity index (χ1n) is 11.7. The van der Waals surface area contributed by atoms with E-state index in [0.717, 1.165) is 28.5 Å². The molecule has 0 atom stereocenters. The van der Waals surface area contributed by atoms with E-state index in [-0.39, 0.29) is 5.91 Å². The number of carbonyl (C=O) groups is 1. The van der Waals surface area contributed by atoms with Gasteiger partial charge in [0.05, 0.1) is 11.4 Å². The van der Waals surface area contributed by atoms with Gasteiger partial charge in [0.2, 0.25) is 0 Å². The standard InChI is InChI=1S/C28H25BN6O/c1-19-26(29)27-32-24(20-8-4-3-5-9-20)18-25(35(27)33-19)31-23-13-11-21(12-14-23)28(36)34(2)17-15-22-10-6-7-16-30-22/h3-14,16,18,31H,15,17H2,1-2H3. The van der Waals surface area contributed by atoms with Gasteiger partial charge in [-0.3, -0.25) is 9.78 Å². The topological polar surface area (TPSA) is 75.4 Å². The van der Waals surface area contributed by atoms with Crippen LogP contribution in [0.5, 0.6) is 0 Å². The van der Waals surface area contributed by atoms with Crippen LogP contribution in [-0.4, -0.2) is 51.8 Å². The van der Waals surface area contributed by atoms with E-state index >= 15 is 0 Å². The molecule has 36 heavy (non-hydrogen) atoms. The van der Waals surface area contributed by atoms with Crippen molar-refractivity contribution in [3.8, 4) is 11.3 Å². The van der Waals surface area contributed by atoms with Gasteiger partial charge in [0.25, 0.3) is 5.91 Å². The van der Waals surface area contributed by atoms with Crippen molar-refractivity contribution in [2.24, 2.45) is 0 Å². The summed E-state index contributed by atoms with van der Waals surface area (Å²) in [7, 11) is 8.08. The van der Waals surface area contributed by atoms with Crippen molar-refractivity contribution in [3.05, 3.63) is 102 Å². The second-order valence-corrected chi connectivity index (χ2v) is 8.63. The lowest BCUT2D eigenvalue weighted by Crippen LogP contribution is -2.28. The molecule has 3 heterocycles. The lowest BCUT2D eigenvalue weighted by molar-refractivity contribution is 0.0796. The number of benzene rings is 2. The summed E-state index contributed by atoms with van der Waals surface area (Å²) in [6, 6.07) is 25.1. The predicted molar refractivity (Wildman–Crippen MR) is 143 cm³/mol. The van der Waals surface area contributed by atoms with E-state index < -0.39 is 0 Å². The van der Waals surface area contributed by atoms with Crippen LogP contribution in [0.1, 0.15) is 21.7 Å². The number of amides is 1. The summed E-state index contributed by atoms with van der Waals surface area (Å²) < 4.78 is 1.71. The third-order valence-electron chi connectivity index (χ3n) is 6.06.